The highest BCUT2D eigenvalue weighted by Gasteiger charge is 2.33. The molecular formula is C29H33Cl2N3O4S. The van der Waals surface area contributed by atoms with Gasteiger partial charge in [-0.2, -0.15) is 0 Å². The number of sulfonamides is 1. The Balaban J connectivity index is 2.03. The van der Waals surface area contributed by atoms with Crippen molar-refractivity contribution in [2.45, 2.75) is 51.1 Å². The van der Waals surface area contributed by atoms with E-state index in [2.05, 4.69) is 5.32 Å². The molecular weight excluding hydrogens is 557 g/mol. The first-order valence-electron chi connectivity index (χ1n) is 12.7. The van der Waals surface area contributed by atoms with Gasteiger partial charge in [-0.15, -0.1) is 0 Å². The number of unbranched alkanes of at least 4 members (excludes halogenated alkanes) is 1. The highest BCUT2D eigenvalue weighted by molar-refractivity contribution is 7.92. The maximum absolute atomic E-state index is 13.9. The summed E-state index contributed by atoms with van der Waals surface area (Å²) >= 11 is 12.7. The van der Waals surface area contributed by atoms with Crippen LogP contribution >= 0.6 is 23.2 Å². The number of halogens is 2. The van der Waals surface area contributed by atoms with E-state index in [0.29, 0.717) is 6.54 Å². The molecule has 3 rings (SSSR count). The van der Waals surface area contributed by atoms with Gasteiger partial charge in [-0.05, 0) is 50.1 Å². The number of carbonyl (C=O) groups excluding carboxylic acids is 2. The monoisotopic (exact) mass is 589 g/mol. The molecule has 1 N–H and O–H groups in total. The molecule has 0 heterocycles. The minimum absolute atomic E-state index is 0.00191. The molecule has 0 aliphatic heterocycles. The lowest BCUT2D eigenvalue weighted by molar-refractivity contribution is -0.139. The summed E-state index contributed by atoms with van der Waals surface area (Å²) in [5, 5.41) is 3.02. The maximum Gasteiger partial charge on any atom is 0.264 e. The highest BCUT2D eigenvalue weighted by Crippen LogP contribution is 2.35. The van der Waals surface area contributed by atoms with Crippen molar-refractivity contribution < 1.29 is 18.0 Å². The topological polar surface area (TPSA) is 86.8 Å². The predicted octanol–water partition coefficient (Wildman–Crippen LogP) is 5.83. The van der Waals surface area contributed by atoms with E-state index in [9.17, 15) is 18.0 Å². The van der Waals surface area contributed by atoms with Gasteiger partial charge in [0.2, 0.25) is 11.8 Å². The third-order valence-electron chi connectivity index (χ3n) is 6.24. The third kappa shape index (κ3) is 7.75. The van der Waals surface area contributed by atoms with E-state index in [-0.39, 0.29) is 33.1 Å². The van der Waals surface area contributed by atoms with E-state index in [0.717, 1.165) is 28.3 Å². The van der Waals surface area contributed by atoms with Crippen LogP contribution in [0.3, 0.4) is 0 Å². The minimum atomic E-state index is -4.22. The van der Waals surface area contributed by atoms with Crippen molar-refractivity contribution in [2.24, 2.45) is 0 Å². The molecule has 3 aromatic carbocycles. The number of carbonyl (C=O) groups is 2. The van der Waals surface area contributed by atoms with Crippen LogP contribution in [-0.2, 0) is 26.2 Å². The van der Waals surface area contributed by atoms with Crippen molar-refractivity contribution in [3.05, 3.63) is 94.0 Å². The lowest BCUT2D eigenvalue weighted by atomic mass is 10.1. The van der Waals surface area contributed by atoms with Gasteiger partial charge in [0.1, 0.15) is 12.6 Å². The summed E-state index contributed by atoms with van der Waals surface area (Å²) in [5.74, 6) is -0.882. The zero-order valence-corrected chi connectivity index (χ0v) is 24.6. The first-order valence-corrected chi connectivity index (χ1v) is 14.9. The quantitative estimate of drug-likeness (QED) is 0.269. The average molecular weight is 591 g/mol. The molecule has 10 heteroatoms. The van der Waals surface area contributed by atoms with Crippen molar-refractivity contribution >= 4 is 50.7 Å². The summed E-state index contributed by atoms with van der Waals surface area (Å²) in [5.41, 5.74) is 1.88. The van der Waals surface area contributed by atoms with Gasteiger partial charge < -0.3 is 10.2 Å². The molecule has 0 fully saturated rings. The molecule has 1 unspecified atom stereocenters. The van der Waals surface area contributed by atoms with Gasteiger partial charge in [0.25, 0.3) is 10.0 Å². The second kappa shape index (κ2) is 13.8. The summed E-state index contributed by atoms with van der Waals surface area (Å²) in [6.07, 6.45) is 1.72. The van der Waals surface area contributed by atoms with E-state index in [1.54, 1.807) is 31.2 Å². The van der Waals surface area contributed by atoms with Crippen LogP contribution in [0.2, 0.25) is 10.0 Å². The Morgan fingerprint density at radius 3 is 2.33 bits per heavy atom. The Bertz CT molecular complexity index is 1400. The highest BCUT2D eigenvalue weighted by atomic mass is 35.5. The van der Waals surface area contributed by atoms with Crippen LogP contribution in [0.15, 0.2) is 77.7 Å². The van der Waals surface area contributed by atoms with Gasteiger partial charge in [0.05, 0.1) is 20.6 Å². The SMILES string of the molecule is CCCCNC(=O)C(C)N(Cc1cccc(C)c1)C(=O)CN(c1cccc(Cl)c1Cl)S(=O)(=O)c1ccccc1. The van der Waals surface area contributed by atoms with Gasteiger partial charge >= 0.3 is 0 Å². The first kappa shape index (κ1) is 30.5. The average Bonchev–Trinajstić information content (AvgIpc) is 2.92. The van der Waals surface area contributed by atoms with Crippen molar-refractivity contribution in [1.29, 1.82) is 0 Å². The minimum Gasteiger partial charge on any atom is -0.354 e. The van der Waals surface area contributed by atoms with Crippen LogP contribution in [0.1, 0.15) is 37.8 Å². The molecule has 0 aliphatic carbocycles. The summed E-state index contributed by atoms with van der Waals surface area (Å²) < 4.78 is 28.6. The Labute approximate surface area is 240 Å². The zero-order valence-electron chi connectivity index (χ0n) is 22.2. The standard InChI is InChI=1S/C29H33Cl2N3O4S/c1-4-5-17-32-29(36)22(3)33(19-23-12-9-11-21(2)18-23)27(35)20-34(26-16-10-15-25(30)28(26)31)39(37,38)24-13-7-6-8-14-24/h6-16,18,22H,4-5,17,19-20H2,1-3H3,(H,32,36). The van der Waals surface area contributed by atoms with Gasteiger partial charge in [-0.1, -0.05) is 90.6 Å². The van der Waals surface area contributed by atoms with Crippen molar-refractivity contribution in [2.75, 3.05) is 17.4 Å². The van der Waals surface area contributed by atoms with Gasteiger partial charge in [-0.25, -0.2) is 8.42 Å². The van der Waals surface area contributed by atoms with Crippen LogP contribution < -0.4 is 9.62 Å². The molecule has 1 atom stereocenters. The summed E-state index contributed by atoms with van der Waals surface area (Å²) in [7, 11) is -4.22. The molecule has 208 valence electrons. The van der Waals surface area contributed by atoms with Crippen LogP contribution in [0.25, 0.3) is 0 Å². The lowest BCUT2D eigenvalue weighted by Crippen LogP contribution is -2.51. The molecule has 0 radical (unpaired) electrons. The summed E-state index contributed by atoms with van der Waals surface area (Å²) in [6, 6.07) is 19.1. The molecule has 7 nitrogen and oxygen atoms in total. The molecule has 0 aliphatic rings. The van der Waals surface area contributed by atoms with Crippen molar-refractivity contribution in [3.63, 3.8) is 0 Å². The normalized spacial score (nSPS) is 12.0. The van der Waals surface area contributed by atoms with Gasteiger partial charge in [0.15, 0.2) is 0 Å². The Kier molecular flexibility index (Phi) is 10.8. The van der Waals surface area contributed by atoms with Crippen LogP contribution in [0.4, 0.5) is 5.69 Å². The first-order chi connectivity index (χ1) is 18.6. The largest absolute Gasteiger partial charge is 0.354 e. The van der Waals surface area contributed by atoms with E-state index >= 15 is 0 Å². The van der Waals surface area contributed by atoms with Gasteiger partial charge in [0, 0.05) is 13.1 Å². The number of hydrogen-bond donors (Lipinski definition) is 1. The molecule has 0 bridgehead atoms. The zero-order chi connectivity index (χ0) is 28.6. The number of anilines is 1. The molecule has 3 aromatic rings. The molecule has 0 aromatic heterocycles. The van der Waals surface area contributed by atoms with Crippen molar-refractivity contribution in [3.8, 4) is 0 Å². The molecule has 2 amide bonds. The second-order valence-corrected chi connectivity index (χ2v) is 11.9. The van der Waals surface area contributed by atoms with E-state index < -0.39 is 28.5 Å². The smallest absolute Gasteiger partial charge is 0.264 e. The summed E-state index contributed by atoms with van der Waals surface area (Å²) in [4.78, 5) is 28.3. The van der Waals surface area contributed by atoms with Crippen LogP contribution in [0, 0.1) is 6.92 Å². The number of benzene rings is 3. The molecule has 0 saturated carbocycles. The fourth-order valence-electron chi connectivity index (χ4n) is 4.04. The van der Waals surface area contributed by atoms with Crippen LogP contribution in [-0.4, -0.2) is 44.3 Å². The number of amides is 2. The lowest BCUT2D eigenvalue weighted by Gasteiger charge is -2.32. The summed E-state index contributed by atoms with van der Waals surface area (Å²) in [6.45, 7) is 5.61. The van der Waals surface area contributed by atoms with Crippen LogP contribution in [0.5, 0.6) is 0 Å². The number of nitrogens with zero attached hydrogens (tertiary/aromatic N) is 2. The van der Waals surface area contributed by atoms with E-state index in [1.165, 1.54) is 29.2 Å². The predicted molar refractivity (Wildman–Crippen MR) is 157 cm³/mol. The number of hydrogen-bond acceptors (Lipinski definition) is 4. The Morgan fingerprint density at radius 1 is 0.974 bits per heavy atom. The second-order valence-electron chi connectivity index (χ2n) is 9.23. The fourth-order valence-corrected chi connectivity index (χ4v) is 5.94. The molecule has 39 heavy (non-hydrogen) atoms. The Hall–Kier alpha value is -3.07. The van der Waals surface area contributed by atoms with E-state index in [4.69, 9.17) is 23.2 Å². The van der Waals surface area contributed by atoms with Crippen molar-refractivity contribution in [1.82, 2.24) is 10.2 Å². The number of rotatable bonds is 12. The van der Waals surface area contributed by atoms with Gasteiger partial charge in [-0.3, -0.25) is 13.9 Å². The molecule has 0 spiro atoms. The third-order valence-corrected chi connectivity index (χ3v) is 8.83. The maximum atomic E-state index is 13.9. The number of nitrogens with one attached hydrogen (secondary N) is 1. The Morgan fingerprint density at radius 2 is 1.67 bits per heavy atom. The fraction of sp³-hybridized carbons (Fsp3) is 0.310. The number of aryl methyl sites for hydroxylation is 1. The molecule has 0 saturated heterocycles. The van der Waals surface area contributed by atoms with E-state index in [1.807, 2.05) is 38.1 Å².